The Morgan fingerprint density at radius 1 is 1.35 bits per heavy atom. The van der Waals surface area contributed by atoms with Crippen molar-refractivity contribution in [1.29, 1.82) is 0 Å². The average Bonchev–Trinajstić information content (AvgIpc) is 2.30. The largest absolute Gasteiger partial charge is 0.384 e. The molecule has 0 spiro atoms. The molecule has 0 aliphatic heterocycles. The molecule has 0 aromatic heterocycles. The molecule has 0 heterocycles. The number of benzene rings is 1. The summed E-state index contributed by atoms with van der Waals surface area (Å²) >= 11 is 11.9. The smallest absolute Gasteiger partial charge is 0.0595 e. The van der Waals surface area contributed by atoms with E-state index >= 15 is 0 Å². The predicted molar refractivity (Wildman–Crippen MR) is 72.2 cm³/mol. The molecule has 0 saturated heterocycles. The fourth-order valence-electron chi connectivity index (χ4n) is 1.78. The number of rotatable bonds is 6. The lowest BCUT2D eigenvalue weighted by molar-refractivity contribution is 0.149. The molecule has 0 radical (unpaired) electrons. The zero-order valence-electron chi connectivity index (χ0n) is 10.0. The highest BCUT2D eigenvalue weighted by Gasteiger charge is 2.15. The number of halogens is 2. The first-order chi connectivity index (χ1) is 8.08. The van der Waals surface area contributed by atoms with Crippen molar-refractivity contribution in [2.24, 2.45) is 11.8 Å². The minimum atomic E-state index is 0.0508. The van der Waals surface area contributed by atoms with Crippen LogP contribution in [0.1, 0.15) is 24.9 Å². The summed E-state index contributed by atoms with van der Waals surface area (Å²) in [5.41, 5.74) is 3.83. The highest BCUT2D eigenvalue weighted by Crippen LogP contribution is 2.28. The second kappa shape index (κ2) is 7.19. The first-order valence-corrected chi connectivity index (χ1v) is 6.24. The van der Waals surface area contributed by atoms with Crippen LogP contribution < -0.4 is 11.3 Å². The van der Waals surface area contributed by atoms with Gasteiger partial charge in [0, 0.05) is 19.8 Å². The van der Waals surface area contributed by atoms with E-state index in [4.69, 9.17) is 33.8 Å². The topological polar surface area (TPSA) is 47.3 Å². The minimum absolute atomic E-state index is 0.0508. The molecule has 3 N–H and O–H groups in total. The number of nitrogens with one attached hydrogen (secondary N) is 1. The van der Waals surface area contributed by atoms with E-state index in [1.54, 1.807) is 13.2 Å². The van der Waals surface area contributed by atoms with Crippen LogP contribution in [0.25, 0.3) is 0 Å². The second-order valence-corrected chi connectivity index (χ2v) is 5.00. The molecule has 96 valence electrons. The van der Waals surface area contributed by atoms with Gasteiger partial charge in [0.1, 0.15) is 0 Å². The minimum Gasteiger partial charge on any atom is -0.384 e. The van der Waals surface area contributed by atoms with Crippen molar-refractivity contribution in [3.63, 3.8) is 0 Å². The summed E-state index contributed by atoms with van der Waals surface area (Å²) in [5.74, 6) is 5.98. The lowest BCUT2D eigenvalue weighted by Gasteiger charge is -2.20. The Bertz CT molecular complexity index is 360. The van der Waals surface area contributed by atoms with Gasteiger partial charge in [-0.15, -0.1) is 0 Å². The number of nitrogens with two attached hydrogens (primary N) is 1. The van der Waals surface area contributed by atoms with Crippen LogP contribution in [0.5, 0.6) is 0 Å². The van der Waals surface area contributed by atoms with Crippen LogP contribution in [0.4, 0.5) is 0 Å². The van der Waals surface area contributed by atoms with Gasteiger partial charge in [-0.25, -0.2) is 0 Å². The number of hydrazine groups is 1. The van der Waals surface area contributed by atoms with E-state index in [1.165, 1.54) is 0 Å². The molecule has 0 aliphatic rings. The summed E-state index contributed by atoms with van der Waals surface area (Å²) in [4.78, 5) is 0. The number of hydrogen-bond donors (Lipinski definition) is 2. The first kappa shape index (κ1) is 14.7. The highest BCUT2D eigenvalue weighted by molar-refractivity contribution is 6.42. The Morgan fingerprint density at radius 2 is 2.06 bits per heavy atom. The lowest BCUT2D eigenvalue weighted by Crippen LogP contribution is -2.30. The van der Waals surface area contributed by atoms with Gasteiger partial charge in [-0.05, 0) is 30.0 Å². The molecule has 17 heavy (non-hydrogen) atoms. The zero-order chi connectivity index (χ0) is 12.8. The van der Waals surface area contributed by atoms with Crippen LogP contribution in [-0.2, 0) is 4.74 Å². The van der Waals surface area contributed by atoms with Gasteiger partial charge in [-0.3, -0.25) is 11.3 Å². The second-order valence-electron chi connectivity index (χ2n) is 4.19. The van der Waals surface area contributed by atoms with E-state index in [1.807, 2.05) is 12.1 Å². The Morgan fingerprint density at radius 3 is 2.59 bits per heavy atom. The van der Waals surface area contributed by atoms with Crippen molar-refractivity contribution < 1.29 is 4.74 Å². The molecular formula is C12H18Cl2N2O. The predicted octanol–water partition coefficient (Wildman–Crippen LogP) is 3.17. The fraction of sp³-hybridized carbons (Fsp3) is 0.500. The summed E-state index contributed by atoms with van der Waals surface area (Å²) in [6.07, 6.45) is 0.877. The molecule has 0 amide bonds. The molecule has 2 unspecified atom stereocenters. The van der Waals surface area contributed by atoms with Crippen molar-refractivity contribution in [1.82, 2.24) is 5.43 Å². The van der Waals surface area contributed by atoms with Crippen LogP contribution in [0.2, 0.25) is 10.0 Å². The molecule has 5 heteroatoms. The molecule has 2 atom stereocenters. The van der Waals surface area contributed by atoms with Crippen molar-refractivity contribution in [3.05, 3.63) is 33.8 Å². The van der Waals surface area contributed by atoms with E-state index in [2.05, 4.69) is 12.3 Å². The van der Waals surface area contributed by atoms with Crippen LogP contribution in [-0.4, -0.2) is 13.7 Å². The monoisotopic (exact) mass is 276 g/mol. The standard InChI is InChI=1S/C12H18Cl2N2O/c1-8(7-17-2)5-12(16-15)9-3-4-10(13)11(14)6-9/h3-4,6,8,12,16H,5,7,15H2,1-2H3. The van der Waals surface area contributed by atoms with Crippen molar-refractivity contribution >= 4 is 23.2 Å². The summed E-state index contributed by atoms with van der Waals surface area (Å²) in [5, 5.41) is 1.10. The molecule has 0 saturated carbocycles. The number of hydrogen-bond acceptors (Lipinski definition) is 3. The van der Waals surface area contributed by atoms with Gasteiger partial charge in [0.25, 0.3) is 0 Å². The van der Waals surface area contributed by atoms with E-state index in [0.29, 0.717) is 22.6 Å². The number of methoxy groups -OCH3 is 1. The summed E-state index contributed by atoms with van der Waals surface area (Å²) in [7, 11) is 1.69. The zero-order valence-corrected chi connectivity index (χ0v) is 11.6. The average molecular weight is 277 g/mol. The Hall–Kier alpha value is -0.320. The molecule has 1 aromatic carbocycles. The highest BCUT2D eigenvalue weighted by atomic mass is 35.5. The van der Waals surface area contributed by atoms with Crippen molar-refractivity contribution in [3.8, 4) is 0 Å². The molecule has 3 nitrogen and oxygen atoms in total. The molecular weight excluding hydrogens is 259 g/mol. The SMILES string of the molecule is COCC(C)CC(NN)c1ccc(Cl)c(Cl)c1. The third-order valence-corrected chi connectivity index (χ3v) is 3.38. The van der Waals surface area contributed by atoms with E-state index < -0.39 is 0 Å². The van der Waals surface area contributed by atoms with Gasteiger partial charge in [-0.1, -0.05) is 36.2 Å². The van der Waals surface area contributed by atoms with Crippen LogP contribution in [0, 0.1) is 5.92 Å². The van der Waals surface area contributed by atoms with Crippen molar-refractivity contribution in [2.75, 3.05) is 13.7 Å². The van der Waals surface area contributed by atoms with Gasteiger partial charge in [0.2, 0.25) is 0 Å². The first-order valence-electron chi connectivity index (χ1n) is 5.48. The summed E-state index contributed by atoms with van der Waals surface area (Å²) in [6, 6.07) is 5.60. The molecule has 0 bridgehead atoms. The third-order valence-electron chi connectivity index (χ3n) is 2.64. The molecule has 1 rings (SSSR count). The maximum atomic E-state index is 5.99. The fourth-order valence-corrected chi connectivity index (χ4v) is 2.09. The van der Waals surface area contributed by atoms with E-state index in [-0.39, 0.29) is 6.04 Å². The van der Waals surface area contributed by atoms with E-state index in [9.17, 15) is 0 Å². The Balaban J connectivity index is 2.75. The third kappa shape index (κ3) is 4.45. The van der Waals surface area contributed by atoms with Crippen LogP contribution in [0.15, 0.2) is 18.2 Å². The molecule has 0 fully saturated rings. The summed E-state index contributed by atoms with van der Waals surface area (Å²) in [6.45, 7) is 2.82. The Kier molecular flexibility index (Phi) is 6.23. The molecule has 0 aliphatic carbocycles. The van der Waals surface area contributed by atoms with Crippen LogP contribution in [0.3, 0.4) is 0 Å². The maximum Gasteiger partial charge on any atom is 0.0595 e. The lowest BCUT2D eigenvalue weighted by atomic mass is 9.97. The maximum absolute atomic E-state index is 5.99. The summed E-state index contributed by atoms with van der Waals surface area (Å²) < 4.78 is 5.11. The van der Waals surface area contributed by atoms with Gasteiger partial charge >= 0.3 is 0 Å². The number of ether oxygens (including phenoxy) is 1. The van der Waals surface area contributed by atoms with Gasteiger partial charge in [0.15, 0.2) is 0 Å². The van der Waals surface area contributed by atoms with Gasteiger partial charge < -0.3 is 4.74 Å². The normalized spacial score (nSPS) is 14.6. The van der Waals surface area contributed by atoms with E-state index in [0.717, 1.165) is 12.0 Å². The van der Waals surface area contributed by atoms with Crippen molar-refractivity contribution in [2.45, 2.75) is 19.4 Å². The Labute approximate surface area is 112 Å². The van der Waals surface area contributed by atoms with Gasteiger partial charge in [-0.2, -0.15) is 0 Å². The molecule has 1 aromatic rings. The quantitative estimate of drug-likeness (QED) is 0.620. The van der Waals surface area contributed by atoms with Crippen LogP contribution >= 0.6 is 23.2 Å². The van der Waals surface area contributed by atoms with Gasteiger partial charge in [0.05, 0.1) is 10.0 Å².